The van der Waals surface area contributed by atoms with Crippen LogP contribution in [-0.2, 0) is 0 Å². The highest BCUT2D eigenvalue weighted by Gasteiger charge is 2.22. The van der Waals surface area contributed by atoms with Crippen LogP contribution in [0.15, 0.2) is 6.07 Å². The fourth-order valence-electron chi connectivity index (χ4n) is 0.957. The lowest BCUT2D eigenvalue weighted by molar-refractivity contribution is 0.406. The van der Waals surface area contributed by atoms with Crippen LogP contribution in [0.3, 0.4) is 0 Å². The number of phenolic OH excluding ortho intramolecular Hbond substituents is 1. The SMILES string of the molecule is N#C[C@@H](N)c1c(O)cc(F)c(F)c1F. The lowest BCUT2D eigenvalue weighted by atomic mass is 10.1. The van der Waals surface area contributed by atoms with Crippen LogP contribution in [0, 0.1) is 28.8 Å². The van der Waals surface area contributed by atoms with Gasteiger partial charge in [0.1, 0.15) is 11.8 Å². The monoisotopic (exact) mass is 202 g/mol. The van der Waals surface area contributed by atoms with Gasteiger partial charge < -0.3 is 10.8 Å². The van der Waals surface area contributed by atoms with Crippen LogP contribution < -0.4 is 5.73 Å². The third kappa shape index (κ3) is 1.49. The van der Waals surface area contributed by atoms with Crippen LogP contribution in [0.2, 0.25) is 0 Å². The molecule has 1 aromatic carbocycles. The summed E-state index contributed by atoms with van der Waals surface area (Å²) in [5.74, 6) is -5.82. The normalized spacial score (nSPS) is 12.2. The first-order valence-electron chi connectivity index (χ1n) is 3.50. The van der Waals surface area contributed by atoms with E-state index in [2.05, 4.69) is 0 Å². The Labute approximate surface area is 77.2 Å². The summed E-state index contributed by atoms with van der Waals surface area (Å²) in [6, 6.07) is 0.227. The summed E-state index contributed by atoms with van der Waals surface area (Å²) in [6.07, 6.45) is 0. The van der Waals surface area contributed by atoms with E-state index < -0.39 is 34.8 Å². The number of phenols is 1. The van der Waals surface area contributed by atoms with E-state index in [4.69, 9.17) is 16.1 Å². The molecule has 0 saturated carbocycles. The van der Waals surface area contributed by atoms with E-state index in [1.54, 1.807) is 0 Å². The molecule has 0 unspecified atom stereocenters. The molecule has 6 heteroatoms. The van der Waals surface area contributed by atoms with Crippen molar-refractivity contribution in [3.8, 4) is 11.8 Å². The highest BCUT2D eigenvalue weighted by Crippen LogP contribution is 2.28. The lowest BCUT2D eigenvalue weighted by Gasteiger charge is -2.08. The summed E-state index contributed by atoms with van der Waals surface area (Å²) in [5, 5.41) is 17.3. The molecule has 0 spiro atoms. The van der Waals surface area contributed by atoms with Crippen molar-refractivity contribution in [3.63, 3.8) is 0 Å². The van der Waals surface area contributed by atoms with Crippen molar-refractivity contribution in [1.82, 2.24) is 0 Å². The molecular formula is C8H5F3N2O. The zero-order valence-electron chi connectivity index (χ0n) is 6.76. The first-order valence-corrected chi connectivity index (χ1v) is 3.50. The molecule has 0 fully saturated rings. The highest BCUT2D eigenvalue weighted by molar-refractivity contribution is 5.39. The molecule has 1 rings (SSSR count). The van der Waals surface area contributed by atoms with Gasteiger partial charge >= 0.3 is 0 Å². The Hall–Kier alpha value is -1.74. The first-order chi connectivity index (χ1) is 6.49. The molecule has 0 saturated heterocycles. The summed E-state index contributed by atoms with van der Waals surface area (Å²) < 4.78 is 38.1. The minimum Gasteiger partial charge on any atom is -0.507 e. The fourth-order valence-corrected chi connectivity index (χ4v) is 0.957. The van der Waals surface area contributed by atoms with Gasteiger partial charge in [-0.25, -0.2) is 13.2 Å². The Balaban J connectivity index is 3.45. The second-order valence-electron chi connectivity index (χ2n) is 2.53. The summed E-state index contributed by atoms with van der Waals surface area (Å²) in [4.78, 5) is 0. The maximum Gasteiger partial charge on any atom is 0.195 e. The Kier molecular flexibility index (Phi) is 2.63. The lowest BCUT2D eigenvalue weighted by Crippen LogP contribution is -2.11. The summed E-state index contributed by atoms with van der Waals surface area (Å²) in [6.45, 7) is 0. The minimum absolute atomic E-state index is 0.366. The average Bonchev–Trinajstić information content (AvgIpc) is 2.14. The second kappa shape index (κ2) is 3.55. The number of halogens is 3. The van der Waals surface area contributed by atoms with Crippen LogP contribution in [0.1, 0.15) is 11.6 Å². The van der Waals surface area contributed by atoms with Gasteiger partial charge in [0.25, 0.3) is 0 Å². The first kappa shape index (κ1) is 10.3. The van der Waals surface area contributed by atoms with Crippen molar-refractivity contribution in [2.45, 2.75) is 6.04 Å². The number of rotatable bonds is 1. The number of hydrogen-bond donors (Lipinski definition) is 2. The van der Waals surface area contributed by atoms with Crippen molar-refractivity contribution < 1.29 is 18.3 Å². The van der Waals surface area contributed by atoms with Crippen molar-refractivity contribution >= 4 is 0 Å². The van der Waals surface area contributed by atoms with Gasteiger partial charge in [0.05, 0.1) is 11.6 Å². The van der Waals surface area contributed by atoms with Gasteiger partial charge in [0, 0.05) is 6.07 Å². The predicted octanol–water partition coefficient (Wildman–Crippen LogP) is 1.33. The van der Waals surface area contributed by atoms with Gasteiger partial charge in [-0.1, -0.05) is 0 Å². The van der Waals surface area contributed by atoms with E-state index in [9.17, 15) is 13.2 Å². The summed E-state index contributed by atoms with van der Waals surface area (Å²) in [5.41, 5.74) is 4.32. The second-order valence-corrected chi connectivity index (χ2v) is 2.53. The zero-order chi connectivity index (χ0) is 10.9. The molecule has 14 heavy (non-hydrogen) atoms. The summed E-state index contributed by atoms with van der Waals surface area (Å²) in [7, 11) is 0. The smallest absolute Gasteiger partial charge is 0.195 e. The molecule has 3 N–H and O–H groups in total. The molecule has 1 aromatic rings. The van der Waals surface area contributed by atoms with E-state index >= 15 is 0 Å². The Bertz CT molecular complexity index is 414. The Morgan fingerprint density at radius 2 is 1.93 bits per heavy atom. The number of nitriles is 1. The standard InChI is InChI=1S/C8H5F3N2O/c9-3-1-5(14)6(4(13)2-12)8(11)7(3)10/h1,4,14H,13H2/t4-/m1/s1. The number of benzene rings is 1. The molecule has 3 nitrogen and oxygen atoms in total. The fraction of sp³-hybridized carbons (Fsp3) is 0.125. The van der Waals surface area contributed by atoms with Gasteiger partial charge in [-0.2, -0.15) is 5.26 Å². The van der Waals surface area contributed by atoms with Crippen LogP contribution in [0.25, 0.3) is 0 Å². The summed E-state index contributed by atoms with van der Waals surface area (Å²) >= 11 is 0. The van der Waals surface area contributed by atoms with Gasteiger partial charge in [-0.15, -0.1) is 0 Å². The zero-order valence-corrected chi connectivity index (χ0v) is 6.76. The van der Waals surface area contributed by atoms with Crippen LogP contribution in [0.4, 0.5) is 13.2 Å². The van der Waals surface area contributed by atoms with E-state index in [-0.39, 0.29) is 0 Å². The molecule has 74 valence electrons. The molecule has 1 atom stereocenters. The van der Waals surface area contributed by atoms with Gasteiger partial charge in [0.2, 0.25) is 0 Å². The molecule has 0 aliphatic heterocycles. The van der Waals surface area contributed by atoms with Crippen molar-refractivity contribution in [3.05, 3.63) is 29.1 Å². The van der Waals surface area contributed by atoms with Crippen molar-refractivity contribution in [2.24, 2.45) is 5.73 Å². The molecule has 0 aromatic heterocycles. The molecule has 0 aliphatic carbocycles. The molecular weight excluding hydrogens is 197 g/mol. The van der Waals surface area contributed by atoms with E-state index in [0.717, 1.165) is 0 Å². The predicted molar refractivity (Wildman–Crippen MR) is 40.5 cm³/mol. The van der Waals surface area contributed by atoms with E-state index in [1.807, 2.05) is 0 Å². The van der Waals surface area contributed by atoms with E-state index in [1.165, 1.54) is 6.07 Å². The minimum atomic E-state index is -1.76. The number of nitrogens with zero attached hydrogens (tertiary/aromatic N) is 1. The third-order valence-electron chi connectivity index (χ3n) is 1.63. The molecule has 0 radical (unpaired) electrons. The molecule has 0 amide bonds. The number of hydrogen-bond acceptors (Lipinski definition) is 3. The van der Waals surface area contributed by atoms with E-state index in [0.29, 0.717) is 6.07 Å². The number of nitrogens with two attached hydrogens (primary N) is 1. The van der Waals surface area contributed by atoms with Gasteiger partial charge in [0.15, 0.2) is 17.5 Å². The highest BCUT2D eigenvalue weighted by atomic mass is 19.2. The topological polar surface area (TPSA) is 70.0 Å². The quantitative estimate of drug-likeness (QED) is 0.675. The number of aromatic hydroxyl groups is 1. The van der Waals surface area contributed by atoms with Gasteiger partial charge in [-0.05, 0) is 0 Å². The molecule has 0 bridgehead atoms. The Morgan fingerprint density at radius 3 is 2.43 bits per heavy atom. The van der Waals surface area contributed by atoms with Crippen LogP contribution >= 0.6 is 0 Å². The maximum absolute atomic E-state index is 13.0. The van der Waals surface area contributed by atoms with Crippen molar-refractivity contribution in [2.75, 3.05) is 0 Å². The Morgan fingerprint density at radius 1 is 1.36 bits per heavy atom. The van der Waals surface area contributed by atoms with Crippen LogP contribution in [-0.4, -0.2) is 5.11 Å². The van der Waals surface area contributed by atoms with Gasteiger partial charge in [-0.3, -0.25) is 0 Å². The van der Waals surface area contributed by atoms with Crippen molar-refractivity contribution in [1.29, 1.82) is 5.26 Å². The average molecular weight is 202 g/mol. The molecule has 0 aliphatic rings. The van der Waals surface area contributed by atoms with Crippen LogP contribution in [0.5, 0.6) is 5.75 Å². The largest absolute Gasteiger partial charge is 0.507 e. The third-order valence-corrected chi connectivity index (χ3v) is 1.63. The maximum atomic E-state index is 13.0. The molecule has 0 heterocycles.